The van der Waals surface area contributed by atoms with Gasteiger partial charge >= 0.3 is 0 Å². The highest BCUT2D eigenvalue weighted by molar-refractivity contribution is 5.26. The van der Waals surface area contributed by atoms with E-state index < -0.39 is 0 Å². The summed E-state index contributed by atoms with van der Waals surface area (Å²) >= 11 is 0. The summed E-state index contributed by atoms with van der Waals surface area (Å²) in [6, 6.07) is 2.52. The third-order valence-corrected chi connectivity index (χ3v) is 3.05. The lowest BCUT2D eigenvalue weighted by molar-refractivity contribution is 0.281. The van der Waals surface area contributed by atoms with Gasteiger partial charge < -0.3 is 5.32 Å². The monoisotopic (exact) mass is 216 g/mol. The van der Waals surface area contributed by atoms with E-state index in [0.717, 1.165) is 32.4 Å². The number of hydrogen-bond acceptors (Lipinski definition) is 2. The number of allylic oxidation sites excluding steroid dienone is 5. The summed E-state index contributed by atoms with van der Waals surface area (Å²) in [5, 5.41) is 12.7. The Morgan fingerprint density at radius 1 is 1.50 bits per heavy atom. The summed E-state index contributed by atoms with van der Waals surface area (Å²) in [5.74, 6) is 0. The Hall–Kier alpha value is -1.33. The number of nitrogens with one attached hydrogen (secondary N) is 1. The second kappa shape index (κ2) is 6.30. The van der Waals surface area contributed by atoms with Crippen molar-refractivity contribution in [1.82, 2.24) is 5.32 Å². The summed E-state index contributed by atoms with van der Waals surface area (Å²) < 4.78 is 0. The van der Waals surface area contributed by atoms with Gasteiger partial charge in [0, 0.05) is 0 Å². The van der Waals surface area contributed by atoms with Gasteiger partial charge in [-0.1, -0.05) is 30.9 Å². The Balaban J connectivity index is 2.78. The van der Waals surface area contributed by atoms with Gasteiger partial charge in [0.05, 0.1) is 11.5 Å². The standard InChI is InChI=1S/C14H20N2/c1-3-5-13(6-4-2)11-14(12-15)7-9-16-10-8-14/h3-6,16H,1,7-11H2,2H3/b6-4-,13-5+. The largest absolute Gasteiger partial charge is 0.317 e. The lowest BCUT2D eigenvalue weighted by Gasteiger charge is -2.31. The smallest absolute Gasteiger partial charge is 0.0694 e. The molecule has 16 heavy (non-hydrogen) atoms. The molecule has 2 heteroatoms. The van der Waals surface area contributed by atoms with Crippen LogP contribution in [0.5, 0.6) is 0 Å². The van der Waals surface area contributed by atoms with Gasteiger partial charge in [-0.3, -0.25) is 0 Å². The zero-order chi connectivity index (χ0) is 11.9. The molecule has 0 amide bonds. The summed E-state index contributed by atoms with van der Waals surface area (Å²) in [6.07, 6.45) is 10.6. The molecule has 0 aromatic carbocycles. The molecule has 1 N–H and O–H groups in total. The first-order chi connectivity index (χ1) is 7.76. The van der Waals surface area contributed by atoms with E-state index in [-0.39, 0.29) is 5.41 Å². The second-order valence-electron chi connectivity index (χ2n) is 4.30. The molecular weight excluding hydrogens is 196 g/mol. The van der Waals surface area contributed by atoms with Crippen molar-refractivity contribution in [2.24, 2.45) is 5.41 Å². The summed E-state index contributed by atoms with van der Waals surface area (Å²) in [7, 11) is 0. The van der Waals surface area contributed by atoms with E-state index in [2.05, 4.69) is 24.0 Å². The summed E-state index contributed by atoms with van der Waals surface area (Å²) in [6.45, 7) is 7.62. The normalized spacial score (nSPS) is 20.6. The molecule has 2 nitrogen and oxygen atoms in total. The molecular formula is C14H20N2. The minimum atomic E-state index is -0.181. The van der Waals surface area contributed by atoms with Crippen molar-refractivity contribution in [3.8, 4) is 6.07 Å². The highest BCUT2D eigenvalue weighted by Crippen LogP contribution is 2.35. The fraction of sp³-hybridized carbons (Fsp3) is 0.500. The number of piperidine rings is 1. The third kappa shape index (κ3) is 3.36. The Morgan fingerprint density at radius 2 is 2.19 bits per heavy atom. The summed E-state index contributed by atoms with van der Waals surface area (Å²) in [5.41, 5.74) is 1.01. The molecule has 1 saturated heterocycles. The van der Waals surface area contributed by atoms with Crippen LogP contribution in [0.2, 0.25) is 0 Å². The SMILES string of the molecule is C=C/C=C(\C=C/C)CC1(C#N)CCNCC1. The van der Waals surface area contributed by atoms with Crippen LogP contribution >= 0.6 is 0 Å². The molecule has 86 valence electrons. The van der Waals surface area contributed by atoms with E-state index in [1.54, 1.807) is 6.08 Å². The first-order valence-electron chi connectivity index (χ1n) is 5.82. The predicted molar refractivity (Wildman–Crippen MR) is 67.9 cm³/mol. The highest BCUT2D eigenvalue weighted by atomic mass is 14.9. The van der Waals surface area contributed by atoms with Crippen LogP contribution in [-0.4, -0.2) is 13.1 Å². The predicted octanol–water partition coefficient (Wildman–Crippen LogP) is 2.96. The van der Waals surface area contributed by atoms with Crippen LogP contribution in [0.15, 0.2) is 36.5 Å². The molecule has 1 fully saturated rings. The molecule has 0 radical (unpaired) electrons. The molecule has 1 heterocycles. The van der Waals surface area contributed by atoms with E-state index in [0.29, 0.717) is 0 Å². The van der Waals surface area contributed by atoms with Crippen LogP contribution in [-0.2, 0) is 0 Å². The molecule has 0 bridgehead atoms. The maximum atomic E-state index is 9.37. The number of nitriles is 1. The Bertz CT molecular complexity index is 325. The molecule has 0 aliphatic carbocycles. The molecule has 0 unspecified atom stereocenters. The lowest BCUT2D eigenvalue weighted by Crippen LogP contribution is -2.36. The fourth-order valence-corrected chi connectivity index (χ4v) is 2.16. The molecule has 1 rings (SSSR count). The van der Waals surface area contributed by atoms with Crippen molar-refractivity contribution < 1.29 is 0 Å². The summed E-state index contributed by atoms with van der Waals surface area (Å²) in [4.78, 5) is 0. The third-order valence-electron chi connectivity index (χ3n) is 3.05. The number of nitrogens with zero attached hydrogens (tertiary/aromatic N) is 1. The van der Waals surface area contributed by atoms with Crippen molar-refractivity contribution in [2.75, 3.05) is 13.1 Å². The number of hydrogen-bond donors (Lipinski definition) is 1. The van der Waals surface area contributed by atoms with Crippen LogP contribution < -0.4 is 5.32 Å². The van der Waals surface area contributed by atoms with E-state index in [9.17, 15) is 5.26 Å². The van der Waals surface area contributed by atoms with E-state index in [4.69, 9.17) is 0 Å². The van der Waals surface area contributed by atoms with Crippen LogP contribution in [0.1, 0.15) is 26.2 Å². The molecule has 0 atom stereocenters. The quantitative estimate of drug-likeness (QED) is 0.733. The average molecular weight is 216 g/mol. The first kappa shape index (κ1) is 12.7. The van der Waals surface area contributed by atoms with Gasteiger partial charge in [-0.05, 0) is 44.8 Å². The minimum Gasteiger partial charge on any atom is -0.317 e. The lowest BCUT2D eigenvalue weighted by atomic mass is 9.75. The van der Waals surface area contributed by atoms with Gasteiger partial charge in [0.15, 0.2) is 0 Å². The maximum Gasteiger partial charge on any atom is 0.0694 e. The first-order valence-corrected chi connectivity index (χ1v) is 5.82. The van der Waals surface area contributed by atoms with Gasteiger partial charge in [-0.2, -0.15) is 5.26 Å². The van der Waals surface area contributed by atoms with Crippen LogP contribution in [0, 0.1) is 16.7 Å². The fourth-order valence-electron chi connectivity index (χ4n) is 2.16. The maximum absolute atomic E-state index is 9.37. The minimum absolute atomic E-state index is 0.181. The molecule has 1 aliphatic heterocycles. The van der Waals surface area contributed by atoms with Gasteiger partial charge in [-0.25, -0.2) is 0 Å². The highest BCUT2D eigenvalue weighted by Gasteiger charge is 2.32. The van der Waals surface area contributed by atoms with Crippen molar-refractivity contribution in [3.05, 3.63) is 36.5 Å². The zero-order valence-electron chi connectivity index (χ0n) is 10.00. The van der Waals surface area contributed by atoms with Crippen LogP contribution in [0.4, 0.5) is 0 Å². The van der Waals surface area contributed by atoms with Crippen LogP contribution in [0.25, 0.3) is 0 Å². The van der Waals surface area contributed by atoms with Gasteiger partial charge in [0.25, 0.3) is 0 Å². The molecule has 0 spiro atoms. The van der Waals surface area contributed by atoms with Crippen molar-refractivity contribution in [1.29, 1.82) is 5.26 Å². The zero-order valence-corrected chi connectivity index (χ0v) is 10.00. The Labute approximate surface area is 98.4 Å². The van der Waals surface area contributed by atoms with Crippen molar-refractivity contribution in [3.63, 3.8) is 0 Å². The Kier molecular flexibility index (Phi) is 5.01. The number of rotatable bonds is 4. The van der Waals surface area contributed by atoms with Crippen molar-refractivity contribution in [2.45, 2.75) is 26.2 Å². The van der Waals surface area contributed by atoms with Gasteiger partial charge in [0.1, 0.15) is 0 Å². The van der Waals surface area contributed by atoms with Gasteiger partial charge in [0.2, 0.25) is 0 Å². The van der Waals surface area contributed by atoms with E-state index in [1.165, 1.54) is 5.57 Å². The average Bonchev–Trinajstić information content (AvgIpc) is 2.31. The van der Waals surface area contributed by atoms with E-state index >= 15 is 0 Å². The molecule has 0 saturated carbocycles. The van der Waals surface area contributed by atoms with Crippen LogP contribution in [0.3, 0.4) is 0 Å². The van der Waals surface area contributed by atoms with Gasteiger partial charge in [-0.15, -0.1) is 0 Å². The second-order valence-corrected chi connectivity index (χ2v) is 4.30. The molecule has 0 aromatic heterocycles. The van der Waals surface area contributed by atoms with Crippen molar-refractivity contribution >= 4 is 0 Å². The van der Waals surface area contributed by atoms with E-state index in [1.807, 2.05) is 19.1 Å². The molecule has 0 aromatic rings. The Morgan fingerprint density at radius 3 is 2.69 bits per heavy atom. The molecule has 1 aliphatic rings. The topological polar surface area (TPSA) is 35.8 Å².